The molecule has 0 bridgehead atoms. The highest BCUT2D eigenvalue weighted by molar-refractivity contribution is 5.64. The molecule has 0 saturated carbocycles. The quantitative estimate of drug-likeness (QED) is 0.825. The maximum Gasteiger partial charge on any atom is 0.435 e. The van der Waals surface area contributed by atoms with Gasteiger partial charge in [-0.25, -0.2) is 4.98 Å². The SMILES string of the molecule is COc1ccc(-c2c(C(F)(F)F)ncn2C)cc1. The van der Waals surface area contributed by atoms with Gasteiger partial charge in [0.25, 0.3) is 0 Å². The average Bonchev–Trinajstić information content (AvgIpc) is 2.71. The van der Waals surface area contributed by atoms with Crippen LogP contribution in [0.3, 0.4) is 0 Å². The molecular formula is C12H11F3N2O. The molecule has 6 heteroatoms. The van der Waals surface area contributed by atoms with Crippen LogP contribution in [0.15, 0.2) is 30.6 Å². The van der Waals surface area contributed by atoms with E-state index in [9.17, 15) is 13.2 Å². The minimum Gasteiger partial charge on any atom is -0.497 e. The third-order valence-electron chi connectivity index (χ3n) is 2.57. The Kier molecular flexibility index (Phi) is 3.02. The number of hydrogen-bond acceptors (Lipinski definition) is 2. The van der Waals surface area contributed by atoms with Crippen molar-refractivity contribution in [2.24, 2.45) is 7.05 Å². The topological polar surface area (TPSA) is 27.1 Å². The minimum absolute atomic E-state index is 0.0464. The molecule has 18 heavy (non-hydrogen) atoms. The van der Waals surface area contributed by atoms with Gasteiger partial charge in [-0.15, -0.1) is 0 Å². The molecule has 0 aliphatic carbocycles. The Morgan fingerprint density at radius 3 is 2.28 bits per heavy atom. The molecule has 0 N–H and O–H groups in total. The van der Waals surface area contributed by atoms with E-state index in [2.05, 4.69) is 4.98 Å². The summed E-state index contributed by atoms with van der Waals surface area (Å²) in [7, 11) is 3.03. The lowest BCUT2D eigenvalue weighted by Gasteiger charge is -2.09. The second kappa shape index (κ2) is 4.36. The second-order valence-electron chi connectivity index (χ2n) is 3.78. The molecule has 0 fully saturated rings. The van der Waals surface area contributed by atoms with Crippen LogP contribution in [0.25, 0.3) is 11.3 Å². The van der Waals surface area contributed by atoms with Gasteiger partial charge in [0.15, 0.2) is 5.69 Å². The Morgan fingerprint density at radius 2 is 1.78 bits per heavy atom. The highest BCUT2D eigenvalue weighted by Gasteiger charge is 2.37. The van der Waals surface area contributed by atoms with Crippen molar-refractivity contribution in [1.29, 1.82) is 0 Å². The fourth-order valence-electron chi connectivity index (χ4n) is 1.73. The predicted octanol–water partition coefficient (Wildman–Crippen LogP) is 3.11. The molecule has 0 atom stereocenters. The number of aryl methyl sites for hydroxylation is 1. The zero-order valence-corrected chi connectivity index (χ0v) is 9.82. The number of nitrogens with zero attached hydrogens (tertiary/aromatic N) is 2. The Bertz CT molecular complexity index is 543. The third-order valence-corrected chi connectivity index (χ3v) is 2.57. The predicted molar refractivity (Wildman–Crippen MR) is 60.2 cm³/mol. The van der Waals surface area contributed by atoms with Crippen LogP contribution >= 0.6 is 0 Å². The van der Waals surface area contributed by atoms with Crippen LogP contribution < -0.4 is 4.74 Å². The third kappa shape index (κ3) is 2.18. The summed E-state index contributed by atoms with van der Waals surface area (Å²) in [5.74, 6) is 0.592. The second-order valence-corrected chi connectivity index (χ2v) is 3.78. The Hall–Kier alpha value is -1.98. The van der Waals surface area contributed by atoms with Crippen LogP contribution in [-0.4, -0.2) is 16.7 Å². The van der Waals surface area contributed by atoms with Gasteiger partial charge >= 0.3 is 6.18 Å². The van der Waals surface area contributed by atoms with Crippen LogP contribution in [0.2, 0.25) is 0 Å². The molecule has 0 aliphatic rings. The maximum atomic E-state index is 12.8. The van der Waals surface area contributed by atoms with Crippen LogP contribution in [-0.2, 0) is 13.2 Å². The smallest absolute Gasteiger partial charge is 0.435 e. The first-order chi connectivity index (χ1) is 8.43. The van der Waals surface area contributed by atoms with Crippen molar-refractivity contribution in [2.75, 3.05) is 7.11 Å². The number of hydrogen-bond donors (Lipinski definition) is 0. The number of benzene rings is 1. The van der Waals surface area contributed by atoms with Crippen molar-refractivity contribution in [3.8, 4) is 17.0 Å². The van der Waals surface area contributed by atoms with Gasteiger partial charge < -0.3 is 9.30 Å². The number of imidazole rings is 1. The van der Waals surface area contributed by atoms with E-state index in [1.807, 2.05) is 0 Å². The van der Waals surface area contributed by atoms with Crippen molar-refractivity contribution in [3.63, 3.8) is 0 Å². The van der Waals surface area contributed by atoms with E-state index in [-0.39, 0.29) is 5.69 Å². The summed E-state index contributed by atoms with van der Waals surface area (Å²) in [6.07, 6.45) is -3.31. The van der Waals surface area contributed by atoms with E-state index in [1.165, 1.54) is 18.7 Å². The van der Waals surface area contributed by atoms with Crippen LogP contribution in [0.4, 0.5) is 13.2 Å². The first kappa shape index (κ1) is 12.5. The molecule has 3 nitrogen and oxygen atoms in total. The van der Waals surface area contributed by atoms with E-state index in [0.717, 1.165) is 6.33 Å². The first-order valence-corrected chi connectivity index (χ1v) is 5.16. The Labute approximate surface area is 102 Å². The van der Waals surface area contributed by atoms with Crippen LogP contribution in [0, 0.1) is 0 Å². The molecule has 0 saturated heterocycles. The van der Waals surface area contributed by atoms with Crippen molar-refractivity contribution in [2.45, 2.75) is 6.18 Å². The van der Waals surface area contributed by atoms with E-state index in [0.29, 0.717) is 11.3 Å². The van der Waals surface area contributed by atoms with Gasteiger partial charge in [0, 0.05) is 12.6 Å². The summed E-state index contributed by atoms with van der Waals surface area (Å²) in [6.45, 7) is 0. The Balaban J connectivity index is 2.52. The monoisotopic (exact) mass is 256 g/mol. The summed E-state index contributed by atoms with van der Waals surface area (Å²) < 4.78 is 44.7. The molecule has 2 rings (SSSR count). The number of ether oxygens (including phenoxy) is 1. The van der Waals surface area contributed by atoms with Crippen molar-refractivity contribution < 1.29 is 17.9 Å². The largest absolute Gasteiger partial charge is 0.497 e. The number of rotatable bonds is 2. The van der Waals surface area contributed by atoms with Gasteiger partial charge in [0.1, 0.15) is 5.75 Å². The fraction of sp³-hybridized carbons (Fsp3) is 0.250. The van der Waals surface area contributed by atoms with Crippen molar-refractivity contribution >= 4 is 0 Å². The molecule has 1 aromatic heterocycles. The molecule has 1 aromatic carbocycles. The van der Waals surface area contributed by atoms with Gasteiger partial charge in [-0.1, -0.05) is 0 Å². The number of halogens is 3. The highest BCUT2D eigenvalue weighted by Crippen LogP contribution is 2.36. The first-order valence-electron chi connectivity index (χ1n) is 5.16. The molecule has 0 aliphatic heterocycles. The average molecular weight is 256 g/mol. The van der Waals surface area contributed by atoms with E-state index in [4.69, 9.17) is 4.74 Å². The van der Waals surface area contributed by atoms with Gasteiger partial charge in [-0.2, -0.15) is 13.2 Å². The highest BCUT2D eigenvalue weighted by atomic mass is 19.4. The molecule has 0 spiro atoms. The van der Waals surface area contributed by atoms with Crippen LogP contribution in [0.1, 0.15) is 5.69 Å². The summed E-state index contributed by atoms with van der Waals surface area (Å²) in [6, 6.07) is 6.38. The number of aromatic nitrogens is 2. The molecule has 0 amide bonds. The maximum absolute atomic E-state index is 12.8. The zero-order chi connectivity index (χ0) is 13.3. The normalized spacial score (nSPS) is 11.6. The lowest BCUT2D eigenvalue weighted by atomic mass is 10.1. The molecule has 2 aromatic rings. The summed E-state index contributed by atoms with van der Waals surface area (Å²) in [5, 5.41) is 0. The standard InChI is InChI=1S/C12H11F3N2O/c1-17-7-16-11(12(13,14)15)10(17)8-3-5-9(18-2)6-4-8/h3-7H,1-2H3. The van der Waals surface area contributed by atoms with E-state index in [1.54, 1.807) is 24.3 Å². The lowest BCUT2D eigenvalue weighted by molar-refractivity contribution is -0.140. The van der Waals surface area contributed by atoms with Gasteiger partial charge in [-0.3, -0.25) is 0 Å². The number of methoxy groups -OCH3 is 1. The lowest BCUT2D eigenvalue weighted by Crippen LogP contribution is -2.08. The minimum atomic E-state index is -4.46. The molecule has 96 valence electrons. The zero-order valence-electron chi connectivity index (χ0n) is 9.82. The summed E-state index contributed by atoms with van der Waals surface area (Å²) in [5.41, 5.74) is -0.386. The van der Waals surface area contributed by atoms with Gasteiger partial charge in [-0.05, 0) is 24.3 Å². The van der Waals surface area contributed by atoms with Gasteiger partial charge in [0.05, 0.1) is 19.1 Å². The van der Waals surface area contributed by atoms with E-state index < -0.39 is 11.9 Å². The molecule has 1 heterocycles. The Morgan fingerprint density at radius 1 is 1.17 bits per heavy atom. The van der Waals surface area contributed by atoms with Crippen molar-refractivity contribution in [1.82, 2.24) is 9.55 Å². The number of alkyl halides is 3. The summed E-state index contributed by atoms with van der Waals surface area (Å²) >= 11 is 0. The molecule has 0 radical (unpaired) electrons. The molecule has 0 unspecified atom stereocenters. The summed E-state index contributed by atoms with van der Waals surface area (Å²) in [4.78, 5) is 3.41. The van der Waals surface area contributed by atoms with Gasteiger partial charge in [0.2, 0.25) is 0 Å². The van der Waals surface area contributed by atoms with Crippen molar-refractivity contribution in [3.05, 3.63) is 36.3 Å². The fourth-order valence-corrected chi connectivity index (χ4v) is 1.73. The van der Waals surface area contributed by atoms with E-state index >= 15 is 0 Å². The molecular weight excluding hydrogens is 245 g/mol. The van der Waals surface area contributed by atoms with Crippen LogP contribution in [0.5, 0.6) is 5.75 Å².